The van der Waals surface area contributed by atoms with E-state index >= 15 is 0 Å². The summed E-state index contributed by atoms with van der Waals surface area (Å²) in [4.78, 5) is 0. The second kappa shape index (κ2) is 6.38. The molecule has 5 atom stereocenters. The average molecular weight is 319 g/mol. The van der Waals surface area contributed by atoms with Crippen molar-refractivity contribution in [3.05, 3.63) is 0 Å². The van der Waals surface area contributed by atoms with Gasteiger partial charge in [0.2, 0.25) is 0 Å². The van der Waals surface area contributed by atoms with Crippen LogP contribution in [-0.2, 0) is 0 Å². The van der Waals surface area contributed by atoms with Crippen LogP contribution in [0.25, 0.3) is 0 Å². The monoisotopic (exact) mass is 318 g/mol. The Kier molecular flexibility index (Phi) is 4.94. The fourth-order valence-corrected chi connectivity index (χ4v) is 6.53. The van der Waals surface area contributed by atoms with Gasteiger partial charge >= 0.3 is 0 Å². The molecule has 134 valence electrons. The molecule has 0 amide bonds. The van der Waals surface area contributed by atoms with E-state index in [4.69, 9.17) is 0 Å². The second-order valence-electron chi connectivity index (χ2n) is 11.5. The summed E-state index contributed by atoms with van der Waals surface area (Å²) in [5, 5.41) is 0. The van der Waals surface area contributed by atoms with Gasteiger partial charge in [0.05, 0.1) is 0 Å². The van der Waals surface area contributed by atoms with Crippen LogP contribution in [0.5, 0.6) is 0 Å². The molecule has 0 heteroatoms. The van der Waals surface area contributed by atoms with E-state index in [9.17, 15) is 0 Å². The molecule has 3 fully saturated rings. The molecule has 0 nitrogen and oxygen atoms in total. The van der Waals surface area contributed by atoms with Gasteiger partial charge in [-0.25, -0.2) is 0 Å². The van der Waals surface area contributed by atoms with Crippen LogP contribution in [-0.4, -0.2) is 0 Å². The van der Waals surface area contributed by atoms with Crippen LogP contribution in [0.15, 0.2) is 0 Å². The summed E-state index contributed by atoms with van der Waals surface area (Å²) in [6.45, 7) is 15.0. The highest BCUT2D eigenvalue weighted by molar-refractivity contribution is 4.96. The molecule has 0 aromatic heterocycles. The van der Waals surface area contributed by atoms with Crippen LogP contribution >= 0.6 is 0 Å². The number of fused-ring (bicyclic) bond motifs is 1. The average Bonchev–Trinajstić information content (AvgIpc) is 2.93. The van der Waals surface area contributed by atoms with Crippen LogP contribution in [0.1, 0.15) is 99.3 Å². The lowest BCUT2D eigenvalue weighted by Crippen LogP contribution is -2.41. The van der Waals surface area contributed by atoms with Gasteiger partial charge in [-0.2, -0.15) is 0 Å². The first-order valence-electron chi connectivity index (χ1n) is 10.7. The third-order valence-electron chi connectivity index (χ3n) is 8.18. The normalized spacial score (nSPS) is 42.5. The van der Waals surface area contributed by atoms with Crippen LogP contribution < -0.4 is 0 Å². The quantitative estimate of drug-likeness (QED) is 0.475. The Morgan fingerprint density at radius 3 is 1.39 bits per heavy atom. The molecule has 3 saturated carbocycles. The molecule has 3 aliphatic carbocycles. The Labute approximate surface area is 146 Å². The predicted octanol–water partition coefficient (Wildman–Crippen LogP) is 7.33. The van der Waals surface area contributed by atoms with Gasteiger partial charge in [-0.1, -0.05) is 67.2 Å². The topological polar surface area (TPSA) is 0 Å². The molecule has 3 rings (SSSR count). The summed E-state index contributed by atoms with van der Waals surface area (Å²) in [6.07, 6.45) is 13.8. The molecule has 0 aliphatic heterocycles. The van der Waals surface area contributed by atoms with Crippen molar-refractivity contribution in [2.75, 3.05) is 0 Å². The van der Waals surface area contributed by atoms with Gasteiger partial charge in [-0.05, 0) is 78.4 Å². The fraction of sp³-hybridized carbons (Fsp3) is 1.00. The lowest BCUT2D eigenvalue weighted by Gasteiger charge is -2.50. The smallest absolute Gasteiger partial charge is 0.0354 e. The molecule has 0 aromatic carbocycles. The van der Waals surface area contributed by atoms with Crippen molar-refractivity contribution in [3.63, 3.8) is 0 Å². The number of hydrogen-bond acceptors (Lipinski definition) is 0. The Bertz CT molecular complexity index is 371. The van der Waals surface area contributed by atoms with E-state index in [1.54, 1.807) is 25.7 Å². The van der Waals surface area contributed by atoms with Gasteiger partial charge in [-0.15, -0.1) is 0 Å². The zero-order valence-corrected chi connectivity index (χ0v) is 16.8. The first-order valence-corrected chi connectivity index (χ1v) is 10.7. The third kappa shape index (κ3) is 3.82. The summed E-state index contributed by atoms with van der Waals surface area (Å²) in [5.41, 5.74) is 0.984. The van der Waals surface area contributed by atoms with E-state index in [1.165, 1.54) is 32.1 Å². The zero-order chi connectivity index (χ0) is 16.8. The summed E-state index contributed by atoms with van der Waals surface area (Å²) in [5.74, 6) is 6.19. The van der Waals surface area contributed by atoms with E-state index in [1.807, 2.05) is 0 Å². The molecule has 0 heterocycles. The first kappa shape index (κ1) is 17.8. The van der Waals surface area contributed by atoms with E-state index < -0.39 is 0 Å². The van der Waals surface area contributed by atoms with Crippen LogP contribution in [0, 0.1) is 46.3 Å². The van der Waals surface area contributed by atoms with Crippen LogP contribution in [0.4, 0.5) is 0 Å². The van der Waals surface area contributed by atoms with Gasteiger partial charge in [0, 0.05) is 0 Å². The molecule has 3 aliphatic rings. The maximum Gasteiger partial charge on any atom is -0.0354 e. The number of rotatable bonds is 1. The van der Waals surface area contributed by atoms with Gasteiger partial charge in [0.1, 0.15) is 0 Å². The van der Waals surface area contributed by atoms with Crippen molar-refractivity contribution in [2.45, 2.75) is 99.3 Å². The number of hydrogen-bond donors (Lipinski definition) is 0. The Hall–Kier alpha value is 0. The molecule has 0 N–H and O–H groups in total. The summed E-state index contributed by atoms with van der Waals surface area (Å²) in [7, 11) is 0. The minimum absolute atomic E-state index is 0.492. The van der Waals surface area contributed by atoms with Crippen molar-refractivity contribution in [1.82, 2.24) is 0 Å². The summed E-state index contributed by atoms with van der Waals surface area (Å²) >= 11 is 0. The summed E-state index contributed by atoms with van der Waals surface area (Å²) < 4.78 is 0. The largest absolute Gasteiger partial charge is 0.0599 e. The van der Waals surface area contributed by atoms with Crippen molar-refractivity contribution < 1.29 is 0 Å². The van der Waals surface area contributed by atoms with E-state index in [0.29, 0.717) is 10.8 Å². The highest BCUT2D eigenvalue weighted by atomic mass is 14.5. The van der Waals surface area contributed by atoms with Gasteiger partial charge in [-0.3, -0.25) is 0 Å². The minimum atomic E-state index is 0.492. The Morgan fingerprint density at radius 2 is 0.957 bits per heavy atom. The molecule has 0 aromatic rings. The third-order valence-corrected chi connectivity index (χ3v) is 8.18. The van der Waals surface area contributed by atoms with Crippen LogP contribution in [0.2, 0.25) is 0 Å². The molecule has 23 heavy (non-hydrogen) atoms. The minimum Gasteiger partial charge on any atom is -0.0599 e. The fourth-order valence-electron chi connectivity index (χ4n) is 6.53. The van der Waals surface area contributed by atoms with Gasteiger partial charge in [0.25, 0.3) is 0 Å². The van der Waals surface area contributed by atoms with Gasteiger partial charge in [0.15, 0.2) is 0 Å². The molecular weight excluding hydrogens is 276 g/mol. The SMILES string of the molecule is CC(C)(C)C1CC(C2CCCC3CCCC32)CC(C(C)(C)C)C1. The predicted molar refractivity (Wildman–Crippen MR) is 101 cm³/mol. The molecule has 0 bridgehead atoms. The van der Waals surface area contributed by atoms with Crippen molar-refractivity contribution in [2.24, 2.45) is 46.3 Å². The lowest BCUT2D eigenvalue weighted by molar-refractivity contribution is -0.000155. The van der Waals surface area contributed by atoms with E-state index in [0.717, 1.165) is 35.5 Å². The van der Waals surface area contributed by atoms with Crippen molar-refractivity contribution in [1.29, 1.82) is 0 Å². The van der Waals surface area contributed by atoms with E-state index in [2.05, 4.69) is 41.5 Å². The zero-order valence-electron chi connectivity index (χ0n) is 16.8. The molecule has 0 saturated heterocycles. The maximum atomic E-state index is 2.50. The summed E-state index contributed by atoms with van der Waals surface area (Å²) in [6, 6.07) is 0. The van der Waals surface area contributed by atoms with E-state index in [-0.39, 0.29) is 0 Å². The van der Waals surface area contributed by atoms with Crippen LogP contribution in [0.3, 0.4) is 0 Å². The van der Waals surface area contributed by atoms with Gasteiger partial charge < -0.3 is 0 Å². The standard InChI is InChI=1S/C23H42/c1-22(2,3)18-13-17(14-19(15-18)23(4,5)6)21-12-8-10-16-9-7-11-20(16)21/h16-21H,7-15H2,1-6H3. The van der Waals surface area contributed by atoms with Crippen molar-refractivity contribution in [3.8, 4) is 0 Å². The molecule has 0 radical (unpaired) electrons. The highest BCUT2D eigenvalue weighted by Crippen LogP contribution is 2.55. The highest BCUT2D eigenvalue weighted by Gasteiger charge is 2.46. The molecule has 0 spiro atoms. The Morgan fingerprint density at radius 1 is 0.522 bits per heavy atom. The maximum absolute atomic E-state index is 2.50. The molecular formula is C23H42. The van der Waals surface area contributed by atoms with Crippen molar-refractivity contribution >= 4 is 0 Å². The first-order chi connectivity index (χ1) is 10.7. The Balaban J connectivity index is 1.79. The second-order valence-corrected chi connectivity index (χ2v) is 11.5. The lowest BCUT2D eigenvalue weighted by atomic mass is 9.55. The molecule has 5 unspecified atom stereocenters.